The zero-order valence-electron chi connectivity index (χ0n) is 10.8. The van der Waals surface area contributed by atoms with Crippen molar-refractivity contribution < 1.29 is 13.9 Å². The van der Waals surface area contributed by atoms with E-state index in [0.29, 0.717) is 10.6 Å². The fourth-order valence-electron chi connectivity index (χ4n) is 1.76. The van der Waals surface area contributed by atoms with Crippen molar-refractivity contribution in [2.24, 2.45) is 0 Å². The van der Waals surface area contributed by atoms with E-state index in [1.54, 1.807) is 0 Å². The number of aliphatic hydroxyl groups excluding tert-OH is 1. The molecule has 0 aliphatic heterocycles. The van der Waals surface area contributed by atoms with Gasteiger partial charge in [0.1, 0.15) is 17.7 Å². The quantitative estimate of drug-likeness (QED) is 0.921. The average Bonchev–Trinajstić information content (AvgIpc) is 2.80. The average molecular weight is 284 g/mol. The number of aromatic nitrogens is 2. The summed E-state index contributed by atoms with van der Waals surface area (Å²) in [5.41, 5.74) is 0.165. The molecule has 1 unspecified atom stereocenters. The Bertz CT molecular complexity index is 593. The highest BCUT2D eigenvalue weighted by atomic mass is 32.1. The zero-order valence-corrected chi connectivity index (χ0v) is 11.6. The number of aliphatic hydroxyl groups is 1. The van der Waals surface area contributed by atoms with Crippen LogP contribution in [0.3, 0.4) is 0 Å². The standard InChI is InChI=1S/C13H14F2N2OS/c1-13(2,3)12-11(19-17-16-12)10(18)8-6-7(14)4-5-9(8)15/h4-6,10,18H,1-3H3. The van der Waals surface area contributed by atoms with E-state index in [4.69, 9.17) is 0 Å². The summed E-state index contributed by atoms with van der Waals surface area (Å²) in [5, 5.41) is 14.2. The fourth-order valence-corrected chi connectivity index (χ4v) is 2.63. The van der Waals surface area contributed by atoms with Crippen LogP contribution < -0.4 is 0 Å². The summed E-state index contributed by atoms with van der Waals surface area (Å²) in [6.45, 7) is 5.76. The maximum Gasteiger partial charge on any atom is 0.129 e. The van der Waals surface area contributed by atoms with Gasteiger partial charge in [0.05, 0.1) is 10.6 Å². The van der Waals surface area contributed by atoms with Gasteiger partial charge in [-0.1, -0.05) is 25.3 Å². The summed E-state index contributed by atoms with van der Waals surface area (Å²) in [6, 6.07) is 3.01. The van der Waals surface area contributed by atoms with Crippen LogP contribution in [0.25, 0.3) is 0 Å². The Hall–Kier alpha value is -1.40. The number of halogens is 2. The Morgan fingerprint density at radius 3 is 2.58 bits per heavy atom. The van der Waals surface area contributed by atoms with Crippen LogP contribution >= 0.6 is 11.5 Å². The Balaban J connectivity index is 2.48. The predicted molar refractivity (Wildman–Crippen MR) is 69.0 cm³/mol. The molecule has 0 saturated heterocycles. The minimum atomic E-state index is -1.26. The van der Waals surface area contributed by atoms with Gasteiger partial charge in [-0.2, -0.15) is 0 Å². The first-order valence-electron chi connectivity index (χ1n) is 5.76. The lowest BCUT2D eigenvalue weighted by molar-refractivity contribution is 0.215. The second-order valence-electron chi connectivity index (χ2n) is 5.30. The zero-order chi connectivity index (χ0) is 14.2. The molecule has 2 rings (SSSR count). The number of rotatable bonds is 2. The number of benzene rings is 1. The van der Waals surface area contributed by atoms with Crippen molar-refractivity contribution in [3.05, 3.63) is 46.0 Å². The van der Waals surface area contributed by atoms with Gasteiger partial charge in [0.25, 0.3) is 0 Å². The number of nitrogens with zero attached hydrogens (tertiary/aromatic N) is 2. The molecule has 0 aliphatic carbocycles. The summed E-state index contributed by atoms with van der Waals surface area (Å²) in [7, 11) is 0. The van der Waals surface area contributed by atoms with E-state index < -0.39 is 17.7 Å². The highest BCUT2D eigenvalue weighted by molar-refractivity contribution is 7.05. The molecule has 3 nitrogen and oxygen atoms in total. The second-order valence-corrected chi connectivity index (χ2v) is 6.09. The molecule has 6 heteroatoms. The minimum Gasteiger partial charge on any atom is -0.383 e. The van der Waals surface area contributed by atoms with Gasteiger partial charge in [-0.25, -0.2) is 8.78 Å². The SMILES string of the molecule is CC(C)(C)c1nnsc1C(O)c1cc(F)ccc1F. The van der Waals surface area contributed by atoms with Crippen molar-refractivity contribution in [3.63, 3.8) is 0 Å². The summed E-state index contributed by atoms with van der Waals surface area (Å²) in [5.74, 6) is -1.24. The van der Waals surface area contributed by atoms with Crippen molar-refractivity contribution >= 4 is 11.5 Å². The van der Waals surface area contributed by atoms with Gasteiger partial charge in [0.15, 0.2) is 0 Å². The molecule has 0 spiro atoms. The molecule has 1 heterocycles. The minimum absolute atomic E-state index is 0.100. The second kappa shape index (κ2) is 4.94. The van der Waals surface area contributed by atoms with Gasteiger partial charge in [-0.3, -0.25) is 0 Å². The molecule has 0 radical (unpaired) electrons. The molecule has 1 N–H and O–H groups in total. The topological polar surface area (TPSA) is 46.0 Å². The molecule has 0 bridgehead atoms. The molecule has 0 fully saturated rings. The molecule has 0 amide bonds. The highest BCUT2D eigenvalue weighted by Gasteiger charge is 2.28. The lowest BCUT2D eigenvalue weighted by Gasteiger charge is -2.19. The van der Waals surface area contributed by atoms with Crippen molar-refractivity contribution in [2.45, 2.75) is 32.3 Å². The van der Waals surface area contributed by atoms with E-state index in [0.717, 1.165) is 29.7 Å². The van der Waals surface area contributed by atoms with Crippen molar-refractivity contribution in [3.8, 4) is 0 Å². The molecule has 1 aromatic heterocycles. The third kappa shape index (κ3) is 2.79. The molecule has 1 aromatic carbocycles. The first-order valence-corrected chi connectivity index (χ1v) is 6.54. The molecule has 0 aliphatic rings. The van der Waals surface area contributed by atoms with Crippen LogP contribution in [0.2, 0.25) is 0 Å². The molecule has 19 heavy (non-hydrogen) atoms. The van der Waals surface area contributed by atoms with Crippen LogP contribution in [0.15, 0.2) is 18.2 Å². The first-order chi connectivity index (χ1) is 8.80. The van der Waals surface area contributed by atoms with Crippen LogP contribution in [0.1, 0.15) is 43.0 Å². The summed E-state index contributed by atoms with van der Waals surface area (Å²) in [4.78, 5) is 0.442. The first kappa shape index (κ1) is 14.0. The van der Waals surface area contributed by atoms with E-state index >= 15 is 0 Å². The van der Waals surface area contributed by atoms with Gasteiger partial charge in [-0.15, -0.1) is 5.10 Å². The summed E-state index contributed by atoms with van der Waals surface area (Å²) < 4.78 is 30.7. The number of hydrogen-bond acceptors (Lipinski definition) is 4. The highest BCUT2D eigenvalue weighted by Crippen LogP contribution is 2.34. The fraction of sp³-hybridized carbons (Fsp3) is 0.385. The lowest BCUT2D eigenvalue weighted by Crippen LogP contribution is -2.16. The van der Waals surface area contributed by atoms with Crippen LogP contribution in [0, 0.1) is 11.6 Å². The van der Waals surface area contributed by atoms with Crippen LogP contribution in [0.4, 0.5) is 8.78 Å². The largest absolute Gasteiger partial charge is 0.383 e. The smallest absolute Gasteiger partial charge is 0.129 e. The third-order valence-electron chi connectivity index (χ3n) is 2.72. The molecular formula is C13H14F2N2OS. The van der Waals surface area contributed by atoms with E-state index in [1.807, 2.05) is 20.8 Å². The molecule has 0 saturated carbocycles. The van der Waals surface area contributed by atoms with Gasteiger partial charge >= 0.3 is 0 Å². The maximum absolute atomic E-state index is 13.7. The lowest BCUT2D eigenvalue weighted by atomic mass is 9.89. The van der Waals surface area contributed by atoms with E-state index in [9.17, 15) is 13.9 Å². The van der Waals surface area contributed by atoms with E-state index in [1.165, 1.54) is 0 Å². The summed E-state index contributed by atoms with van der Waals surface area (Å²) in [6.07, 6.45) is -1.26. The maximum atomic E-state index is 13.7. The van der Waals surface area contributed by atoms with E-state index in [2.05, 4.69) is 9.59 Å². The molecule has 102 valence electrons. The van der Waals surface area contributed by atoms with Crippen LogP contribution in [-0.2, 0) is 5.41 Å². The monoisotopic (exact) mass is 284 g/mol. The van der Waals surface area contributed by atoms with Crippen molar-refractivity contribution in [1.82, 2.24) is 9.59 Å². The van der Waals surface area contributed by atoms with Crippen LogP contribution in [-0.4, -0.2) is 14.7 Å². The van der Waals surface area contributed by atoms with Crippen LogP contribution in [0.5, 0.6) is 0 Å². The molecule has 1 atom stereocenters. The van der Waals surface area contributed by atoms with Gasteiger partial charge in [-0.05, 0) is 29.7 Å². The van der Waals surface area contributed by atoms with Gasteiger partial charge in [0.2, 0.25) is 0 Å². The Morgan fingerprint density at radius 1 is 1.26 bits per heavy atom. The Labute approximate surface area is 114 Å². The normalized spacial score (nSPS) is 13.6. The van der Waals surface area contributed by atoms with Crippen molar-refractivity contribution in [1.29, 1.82) is 0 Å². The Morgan fingerprint density at radius 2 is 1.95 bits per heavy atom. The predicted octanol–water partition coefficient (Wildman–Crippen LogP) is 3.20. The third-order valence-corrected chi connectivity index (χ3v) is 3.50. The number of hydrogen-bond donors (Lipinski definition) is 1. The summed E-state index contributed by atoms with van der Waals surface area (Å²) >= 11 is 0.994. The molecule has 2 aromatic rings. The van der Waals surface area contributed by atoms with E-state index in [-0.39, 0.29) is 11.0 Å². The van der Waals surface area contributed by atoms with Gasteiger partial charge < -0.3 is 5.11 Å². The van der Waals surface area contributed by atoms with Gasteiger partial charge in [0, 0.05) is 11.0 Å². The van der Waals surface area contributed by atoms with Crippen molar-refractivity contribution in [2.75, 3.05) is 0 Å². The Kier molecular flexibility index (Phi) is 3.64. The molecular weight excluding hydrogens is 270 g/mol.